The number of nitrogens with one attached hydrogen (secondary N) is 2. The van der Waals surface area contributed by atoms with E-state index in [-0.39, 0.29) is 40.3 Å². The van der Waals surface area contributed by atoms with Crippen molar-refractivity contribution in [3.05, 3.63) is 65.2 Å². The van der Waals surface area contributed by atoms with Crippen LogP contribution in [-0.2, 0) is 9.59 Å². The molecular weight excluding hydrogens is 397 g/mol. The number of amides is 2. The van der Waals surface area contributed by atoms with E-state index in [0.717, 1.165) is 11.6 Å². The predicted molar refractivity (Wildman–Crippen MR) is 106 cm³/mol. The van der Waals surface area contributed by atoms with Gasteiger partial charge in [0, 0.05) is 35.6 Å². The highest BCUT2D eigenvalue weighted by Gasteiger charge is 2.69. The summed E-state index contributed by atoms with van der Waals surface area (Å²) in [6.45, 7) is -0.212. The van der Waals surface area contributed by atoms with E-state index in [4.69, 9.17) is 16.3 Å². The van der Waals surface area contributed by atoms with E-state index in [0.29, 0.717) is 19.3 Å². The number of hydrogen-bond acceptors (Lipinski definition) is 4. The Morgan fingerprint density at radius 3 is 2.66 bits per heavy atom. The van der Waals surface area contributed by atoms with Crippen LogP contribution in [0.25, 0.3) is 6.08 Å². The summed E-state index contributed by atoms with van der Waals surface area (Å²) >= 11 is 5.62. The zero-order chi connectivity index (χ0) is 20.5. The van der Waals surface area contributed by atoms with Crippen molar-refractivity contribution in [1.82, 2.24) is 15.6 Å². The van der Waals surface area contributed by atoms with E-state index in [2.05, 4.69) is 15.6 Å². The van der Waals surface area contributed by atoms with Crippen LogP contribution in [0.15, 0.2) is 48.8 Å². The van der Waals surface area contributed by atoms with Crippen molar-refractivity contribution < 1.29 is 18.7 Å². The second kappa shape index (κ2) is 7.48. The Kier molecular flexibility index (Phi) is 5.00. The topological polar surface area (TPSA) is 80.3 Å². The molecule has 0 aliphatic heterocycles. The van der Waals surface area contributed by atoms with Crippen molar-refractivity contribution >= 4 is 29.5 Å². The summed E-state index contributed by atoms with van der Waals surface area (Å²) in [7, 11) is 0. The number of nitrogens with zero attached hydrogens (tertiary/aromatic N) is 1. The third kappa shape index (κ3) is 4.24. The molecular formula is C21H19ClFN3O3. The minimum absolute atomic E-state index is 0.00158. The highest BCUT2D eigenvalue weighted by atomic mass is 35.5. The molecule has 3 fully saturated rings. The van der Waals surface area contributed by atoms with Crippen LogP contribution in [0.4, 0.5) is 4.39 Å². The van der Waals surface area contributed by atoms with Gasteiger partial charge in [0.15, 0.2) is 6.61 Å². The molecule has 3 aliphatic rings. The van der Waals surface area contributed by atoms with Gasteiger partial charge in [0.2, 0.25) is 5.91 Å². The van der Waals surface area contributed by atoms with Gasteiger partial charge in [0.25, 0.3) is 5.91 Å². The number of pyridine rings is 1. The summed E-state index contributed by atoms with van der Waals surface area (Å²) in [6, 6.07) is 7.69. The molecule has 150 valence electrons. The average Bonchev–Trinajstić information content (AvgIpc) is 2.65. The maximum Gasteiger partial charge on any atom is 0.258 e. The molecule has 1 heterocycles. The second-order valence-electron chi connectivity index (χ2n) is 7.61. The molecule has 2 bridgehead atoms. The number of carbonyl (C=O) groups is 2. The fourth-order valence-electron chi connectivity index (χ4n) is 4.05. The van der Waals surface area contributed by atoms with Crippen molar-refractivity contribution in [2.75, 3.05) is 6.61 Å². The zero-order valence-electron chi connectivity index (χ0n) is 15.5. The molecule has 0 saturated heterocycles. The van der Waals surface area contributed by atoms with Gasteiger partial charge in [-0.1, -0.05) is 17.7 Å². The monoisotopic (exact) mass is 415 g/mol. The Hall–Kier alpha value is -2.93. The lowest BCUT2D eigenvalue weighted by Crippen LogP contribution is -2.83. The molecule has 3 saturated carbocycles. The third-order valence-electron chi connectivity index (χ3n) is 5.20. The van der Waals surface area contributed by atoms with E-state index in [1.165, 1.54) is 18.2 Å². The van der Waals surface area contributed by atoms with Gasteiger partial charge in [-0.05, 0) is 49.1 Å². The number of hydrogen-bond donors (Lipinski definition) is 2. The number of rotatable bonds is 7. The quantitative estimate of drug-likeness (QED) is 0.681. The Bertz CT molecular complexity index is 961. The maximum atomic E-state index is 13.4. The molecule has 5 rings (SSSR count). The van der Waals surface area contributed by atoms with Gasteiger partial charge in [-0.15, -0.1) is 0 Å². The Morgan fingerprint density at radius 2 is 1.97 bits per heavy atom. The number of benzene rings is 1. The summed E-state index contributed by atoms with van der Waals surface area (Å²) < 4.78 is 18.7. The molecule has 0 radical (unpaired) electrons. The van der Waals surface area contributed by atoms with E-state index in [1.807, 2.05) is 6.07 Å². The second-order valence-corrected chi connectivity index (χ2v) is 8.02. The Labute approximate surface area is 172 Å². The summed E-state index contributed by atoms with van der Waals surface area (Å²) in [5.74, 6) is -0.805. The Balaban J connectivity index is 1.20. The lowest BCUT2D eigenvalue weighted by Gasteiger charge is -2.70. The molecule has 0 spiro atoms. The smallest absolute Gasteiger partial charge is 0.258 e. The van der Waals surface area contributed by atoms with Crippen LogP contribution in [-0.4, -0.2) is 34.5 Å². The minimum atomic E-state index is -0.598. The Morgan fingerprint density at radius 1 is 1.21 bits per heavy atom. The minimum Gasteiger partial charge on any atom is -0.484 e. The lowest BCUT2D eigenvalue weighted by atomic mass is 9.44. The molecule has 8 heteroatoms. The highest BCUT2D eigenvalue weighted by Crippen LogP contribution is 2.60. The fraction of sp³-hybridized carbons (Fsp3) is 0.286. The highest BCUT2D eigenvalue weighted by molar-refractivity contribution is 6.30. The largest absolute Gasteiger partial charge is 0.484 e. The molecule has 0 unspecified atom stereocenters. The first-order valence-electron chi connectivity index (χ1n) is 9.16. The lowest BCUT2D eigenvalue weighted by molar-refractivity contribution is -0.148. The maximum absolute atomic E-state index is 13.4. The van der Waals surface area contributed by atoms with Crippen molar-refractivity contribution in [3.8, 4) is 5.75 Å². The zero-order valence-corrected chi connectivity index (χ0v) is 16.2. The summed E-state index contributed by atoms with van der Waals surface area (Å²) in [5.41, 5.74) is 0.320. The van der Waals surface area contributed by atoms with Crippen LogP contribution in [0.2, 0.25) is 5.02 Å². The van der Waals surface area contributed by atoms with Gasteiger partial charge in [0.1, 0.15) is 11.6 Å². The SMILES string of the molecule is O=C(/C=C/c1cccnc1)NC12CC(NC(=O)COc3ccc(Cl)c(F)c3)(C1)C2. The summed E-state index contributed by atoms with van der Waals surface area (Å²) in [6.07, 6.45) is 8.61. The van der Waals surface area contributed by atoms with Crippen LogP contribution in [0.5, 0.6) is 5.75 Å². The number of aromatic nitrogens is 1. The first-order valence-corrected chi connectivity index (χ1v) is 9.54. The van der Waals surface area contributed by atoms with Crippen molar-refractivity contribution in [1.29, 1.82) is 0 Å². The molecule has 2 aromatic rings. The standard InChI is InChI=1S/C21H19ClFN3O3/c22-16-5-4-15(8-17(16)23)29-10-19(28)26-21-11-20(12-21,13-21)25-18(27)6-3-14-2-1-7-24-9-14/h1-9H,10-13H2,(H,25,27)(H,26,28)/b6-3+. The molecule has 29 heavy (non-hydrogen) atoms. The van der Waals surface area contributed by atoms with Crippen molar-refractivity contribution in [3.63, 3.8) is 0 Å². The van der Waals surface area contributed by atoms with Gasteiger partial charge in [-0.2, -0.15) is 0 Å². The summed E-state index contributed by atoms with van der Waals surface area (Å²) in [5, 5.41) is 5.96. The summed E-state index contributed by atoms with van der Waals surface area (Å²) in [4.78, 5) is 28.2. The van der Waals surface area contributed by atoms with Gasteiger partial charge in [-0.3, -0.25) is 14.6 Å². The number of halogens is 2. The number of ether oxygens (including phenoxy) is 1. The molecule has 6 nitrogen and oxygen atoms in total. The van der Waals surface area contributed by atoms with Gasteiger partial charge >= 0.3 is 0 Å². The molecule has 3 aliphatic carbocycles. The first-order chi connectivity index (χ1) is 13.9. The van der Waals surface area contributed by atoms with Crippen LogP contribution in [0, 0.1) is 5.82 Å². The van der Waals surface area contributed by atoms with Crippen LogP contribution in [0.1, 0.15) is 24.8 Å². The number of carbonyl (C=O) groups excluding carboxylic acids is 2. The molecule has 1 aromatic heterocycles. The van der Waals surface area contributed by atoms with E-state index in [1.54, 1.807) is 24.5 Å². The van der Waals surface area contributed by atoms with Crippen LogP contribution < -0.4 is 15.4 Å². The average molecular weight is 416 g/mol. The van der Waals surface area contributed by atoms with Gasteiger partial charge in [0.05, 0.1) is 5.02 Å². The molecule has 2 amide bonds. The van der Waals surface area contributed by atoms with E-state index < -0.39 is 5.82 Å². The molecule has 1 aromatic carbocycles. The van der Waals surface area contributed by atoms with Crippen LogP contribution >= 0.6 is 11.6 Å². The predicted octanol–water partition coefficient (Wildman–Crippen LogP) is 2.87. The van der Waals surface area contributed by atoms with Crippen LogP contribution in [0.3, 0.4) is 0 Å². The van der Waals surface area contributed by atoms with Gasteiger partial charge < -0.3 is 15.4 Å². The first kappa shape index (κ1) is 19.4. The normalized spacial score (nSPS) is 24.3. The van der Waals surface area contributed by atoms with Crippen molar-refractivity contribution in [2.24, 2.45) is 0 Å². The van der Waals surface area contributed by atoms with Crippen molar-refractivity contribution in [2.45, 2.75) is 30.3 Å². The van der Waals surface area contributed by atoms with Gasteiger partial charge in [-0.25, -0.2) is 4.39 Å². The fourth-order valence-corrected chi connectivity index (χ4v) is 4.17. The van der Waals surface area contributed by atoms with E-state index >= 15 is 0 Å². The molecule has 2 N–H and O–H groups in total. The van der Waals surface area contributed by atoms with E-state index in [9.17, 15) is 14.0 Å². The third-order valence-corrected chi connectivity index (χ3v) is 5.50. The molecule has 0 atom stereocenters.